The first-order chi connectivity index (χ1) is 11.0. The highest BCUT2D eigenvalue weighted by atomic mass is 32.2. The fourth-order valence-corrected chi connectivity index (χ4v) is 6.30. The second-order valence-electron chi connectivity index (χ2n) is 8.63. The van der Waals surface area contributed by atoms with E-state index >= 15 is 0 Å². The molecule has 128 valence electrons. The lowest BCUT2D eigenvalue weighted by Gasteiger charge is -2.39. The van der Waals surface area contributed by atoms with E-state index < -0.39 is 10.8 Å². The summed E-state index contributed by atoms with van der Waals surface area (Å²) in [6.07, 6.45) is 7.13. The minimum atomic E-state index is -0.920. The first kappa shape index (κ1) is 16.1. The Hall–Kier alpha value is -1.36. The molecule has 0 saturated heterocycles. The number of hydrogen-bond donors (Lipinski definition) is 2. The summed E-state index contributed by atoms with van der Waals surface area (Å²) in [4.78, 5) is 2.11. The second-order valence-corrected chi connectivity index (χ2v) is 10.0. The number of hydrogen-bond acceptors (Lipinski definition) is 3. The van der Waals surface area contributed by atoms with Crippen molar-refractivity contribution >= 4 is 27.3 Å². The van der Waals surface area contributed by atoms with Crippen molar-refractivity contribution in [3.63, 3.8) is 0 Å². The summed E-state index contributed by atoms with van der Waals surface area (Å²) in [6.45, 7) is 10.5. The van der Waals surface area contributed by atoms with Crippen molar-refractivity contribution in [1.82, 2.24) is 0 Å². The van der Waals surface area contributed by atoms with Crippen LogP contribution in [0.5, 0.6) is 5.75 Å². The van der Waals surface area contributed by atoms with Gasteiger partial charge in [0.2, 0.25) is 0 Å². The average molecular weight is 343 g/mol. The maximum absolute atomic E-state index is 11.2. The first-order valence-electron chi connectivity index (χ1n) is 8.39. The Balaban J connectivity index is 2.00. The molecule has 0 radical (unpaired) electrons. The van der Waals surface area contributed by atoms with E-state index in [-0.39, 0.29) is 16.6 Å². The summed E-state index contributed by atoms with van der Waals surface area (Å²) in [6, 6.07) is 4.10. The number of benzene rings is 1. The molecular formula is C20H25NO2S. The fraction of sp³-hybridized carbons (Fsp3) is 0.450. The number of ether oxygens (including phenoxy) is 1. The normalized spacial score (nSPS) is 31.7. The van der Waals surface area contributed by atoms with Crippen LogP contribution in [0, 0.1) is 5.41 Å². The van der Waals surface area contributed by atoms with Crippen molar-refractivity contribution in [2.75, 3.05) is 0 Å². The molecule has 0 spiro atoms. The van der Waals surface area contributed by atoms with Crippen molar-refractivity contribution in [3.8, 4) is 5.75 Å². The third kappa shape index (κ3) is 2.24. The molecule has 0 amide bonds. The second kappa shape index (κ2) is 4.63. The molecule has 0 fully saturated rings. The summed E-state index contributed by atoms with van der Waals surface area (Å²) in [7, 11) is -0.920. The Bertz CT molecular complexity index is 857. The largest absolute Gasteiger partial charge is 0.483 e. The summed E-state index contributed by atoms with van der Waals surface area (Å²) in [5.74, 6) is 0.848. The van der Waals surface area contributed by atoms with Crippen LogP contribution < -0.4 is 10.5 Å². The van der Waals surface area contributed by atoms with Crippen LogP contribution in [0.3, 0.4) is 0 Å². The predicted octanol–water partition coefficient (Wildman–Crippen LogP) is 4.69. The van der Waals surface area contributed by atoms with E-state index in [4.69, 9.17) is 10.5 Å². The summed E-state index contributed by atoms with van der Waals surface area (Å²) >= 11 is 0. The van der Waals surface area contributed by atoms with Crippen molar-refractivity contribution in [2.24, 2.45) is 11.1 Å². The van der Waals surface area contributed by atoms with Crippen LogP contribution in [0.4, 0.5) is 0 Å². The Morgan fingerprint density at radius 2 is 1.88 bits per heavy atom. The van der Waals surface area contributed by atoms with Crippen molar-refractivity contribution in [3.05, 3.63) is 35.4 Å². The van der Waals surface area contributed by atoms with Gasteiger partial charge in [0.05, 0.1) is 0 Å². The van der Waals surface area contributed by atoms with E-state index in [9.17, 15) is 4.55 Å². The molecule has 1 unspecified atom stereocenters. The van der Waals surface area contributed by atoms with Gasteiger partial charge < -0.3 is 15.0 Å². The lowest BCUT2D eigenvalue weighted by molar-refractivity contribution is 0.158. The van der Waals surface area contributed by atoms with Gasteiger partial charge in [0.15, 0.2) is 0 Å². The monoisotopic (exact) mass is 343 g/mol. The van der Waals surface area contributed by atoms with Gasteiger partial charge in [0.25, 0.3) is 0 Å². The van der Waals surface area contributed by atoms with E-state index in [2.05, 4.69) is 45.1 Å². The molecule has 2 atom stereocenters. The van der Waals surface area contributed by atoms with Gasteiger partial charge in [0, 0.05) is 20.9 Å². The number of allylic oxidation sites excluding steroid dienone is 1. The molecule has 3 N–H and O–H groups in total. The van der Waals surface area contributed by atoms with Crippen molar-refractivity contribution < 1.29 is 9.29 Å². The molecule has 0 aromatic heterocycles. The number of fused-ring (bicyclic) bond motifs is 5. The lowest BCUT2D eigenvalue weighted by atomic mass is 9.69. The van der Waals surface area contributed by atoms with Crippen LogP contribution in [0.1, 0.15) is 52.2 Å². The highest BCUT2D eigenvalue weighted by Crippen LogP contribution is 2.55. The molecule has 2 heterocycles. The van der Waals surface area contributed by atoms with Crippen molar-refractivity contribution in [1.29, 1.82) is 0 Å². The zero-order valence-electron chi connectivity index (χ0n) is 14.9. The van der Waals surface area contributed by atoms with Gasteiger partial charge in [-0.2, -0.15) is 0 Å². The number of rotatable bonds is 0. The molecule has 24 heavy (non-hydrogen) atoms. The van der Waals surface area contributed by atoms with Crippen LogP contribution >= 0.6 is 10.8 Å². The third-order valence-corrected chi connectivity index (χ3v) is 7.00. The molecule has 2 aliphatic heterocycles. The Morgan fingerprint density at radius 3 is 2.58 bits per heavy atom. The van der Waals surface area contributed by atoms with Gasteiger partial charge in [-0.25, -0.2) is 0 Å². The zero-order valence-corrected chi connectivity index (χ0v) is 15.8. The standard InChI is InChI=1S/C20H25NO2S/c1-18(2)11-20(5,21)10-14-12-6-7-15-13(8-9-19(3,4)23-15)16(12)24(22)17(14)18/h6-10,22H,11,21H2,1-5H3/t20-,24?/m1/s1. The molecule has 1 aromatic carbocycles. The van der Waals surface area contributed by atoms with Crippen molar-refractivity contribution in [2.45, 2.75) is 57.1 Å². The quantitative estimate of drug-likeness (QED) is 0.672. The highest BCUT2D eigenvalue weighted by molar-refractivity contribution is 8.12. The summed E-state index contributed by atoms with van der Waals surface area (Å²) < 4.78 is 17.3. The van der Waals surface area contributed by atoms with Crippen LogP contribution in [0.25, 0.3) is 11.6 Å². The first-order valence-corrected chi connectivity index (χ1v) is 9.58. The Morgan fingerprint density at radius 1 is 1.17 bits per heavy atom. The smallest absolute Gasteiger partial charge is 0.129 e. The fourth-order valence-electron chi connectivity index (χ4n) is 4.36. The van der Waals surface area contributed by atoms with Gasteiger partial charge in [0.1, 0.15) is 11.4 Å². The SMILES string of the molecule is CC1(C)C=Cc2c(ccc3c2S(O)=C2C3=C[C@@](C)(N)CC2(C)C)O1. The average Bonchev–Trinajstić information content (AvgIpc) is 2.68. The van der Waals surface area contributed by atoms with E-state index in [1.807, 2.05) is 19.9 Å². The molecule has 1 aromatic rings. The Labute approximate surface area is 146 Å². The maximum Gasteiger partial charge on any atom is 0.129 e. The lowest BCUT2D eigenvalue weighted by Crippen LogP contribution is -2.45. The molecule has 1 aliphatic carbocycles. The molecule has 0 bridgehead atoms. The zero-order chi connectivity index (χ0) is 17.5. The van der Waals surface area contributed by atoms with Crippen LogP contribution in [0.2, 0.25) is 0 Å². The minimum Gasteiger partial charge on any atom is -0.483 e. The summed E-state index contributed by atoms with van der Waals surface area (Å²) in [5.41, 5.74) is 8.91. The Kier molecular flexibility index (Phi) is 3.11. The van der Waals surface area contributed by atoms with Gasteiger partial charge >= 0.3 is 0 Å². The predicted molar refractivity (Wildman–Crippen MR) is 103 cm³/mol. The van der Waals surface area contributed by atoms with E-state index in [1.165, 1.54) is 0 Å². The topological polar surface area (TPSA) is 55.5 Å². The van der Waals surface area contributed by atoms with Gasteiger partial charge in [-0.15, -0.1) is 0 Å². The van der Waals surface area contributed by atoms with E-state index in [0.717, 1.165) is 38.6 Å². The van der Waals surface area contributed by atoms with Crippen LogP contribution in [-0.4, -0.2) is 20.6 Å². The molecule has 4 heteroatoms. The molecular weight excluding hydrogens is 318 g/mol. The maximum atomic E-state index is 11.2. The minimum absolute atomic E-state index is 0.129. The third-order valence-electron chi connectivity index (χ3n) is 5.01. The summed E-state index contributed by atoms with van der Waals surface area (Å²) in [5, 5.41) is 0. The van der Waals surface area contributed by atoms with E-state index in [1.54, 1.807) is 0 Å². The molecule has 4 rings (SSSR count). The van der Waals surface area contributed by atoms with Crippen LogP contribution in [-0.2, 0) is 0 Å². The van der Waals surface area contributed by atoms with E-state index in [0.29, 0.717) is 0 Å². The van der Waals surface area contributed by atoms with Gasteiger partial charge in [-0.1, -0.05) is 26.0 Å². The molecule has 3 aliphatic rings. The molecule has 3 nitrogen and oxygen atoms in total. The number of nitrogens with two attached hydrogens (primary N) is 1. The van der Waals surface area contributed by atoms with Gasteiger partial charge in [-0.05, 0) is 72.7 Å². The van der Waals surface area contributed by atoms with Gasteiger partial charge in [-0.3, -0.25) is 0 Å². The van der Waals surface area contributed by atoms with Crippen LogP contribution in [0.15, 0.2) is 29.2 Å². The molecule has 0 saturated carbocycles. The highest BCUT2D eigenvalue weighted by Gasteiger charge is 2.44.